The fraction of sp³-hybridized carbons (Fsp3) is 0.154. The first-order chi connectivity index (χ1) is 9.97. The van der Waals surface area contributed by atoms with Gasteiger partial charge in [-0.15, -0.1) is 0 Å². The average molecular weight is 310 g/mol. The summed E-state index contributed by atoms with van der Waals surface area (Å²) in [6, 6.07) is 8.99. The number of benzene rings is 1. The number of hydrogen-bond donors (Lipinski definition) is 2. The van der Waals surface area contributed by atoms with E-state index in [1.807, 2.05) is 0 Å². The Morgan fingerprint density at radius 2 is 1.95 bits per heavy atom. The van der Waals surface area contributed by atoms with E-state index < -0.39 is 15.9 Å². The van der Waals surface area contributed by atoms with Gasteiger partial charge < -0.3 is 14.9 Å². The zero-order valence-corrected chi connectivity index (χ0v) is 11.8. The Hall–Kier alpha value is -2.32. The van der Waals surface area contributed by atoms with Crippen molar-refractivity contribution in [2.75, 3.05) is 6.61 Å². The Labute approximate surface area is 121 Å². The lowest BCUT2D eigenvalue weighted by Crippen LogP contribution is -2.23. The van der Waals surface area contributed by atoms with E-state index in [0.29, 0.717) is 11.5 Å². The SMILES string of the molecule is NC(=O)COc1ccc(S(=O)(=O)NCc2ccco2)cc1. The van der Waals surface area contributed by atoms with Crippen LogP contribution in [0.4, 0.5) is 0 Å². The van der Waals surface area contributed by atoms with Gasteiger partial charge in [0.25, 0.3) is 5.91 Å². The number of nitrogens with one attached hydrogen (secondary N) is 1. The molecule has 0 saturated heterocycles. The van der Waals surface area contributed by atoms with Crippen LogP contribution in [-0.2, 0) is 21.4 Å². The van der Waals surface area contributed by atoms with Crippen molar-refractivity contribution in [3.05, 3.63) is 48.4 Å². The van der Waals surface area contributed by atoms with Gasteiger partial charge in [-0.3, -0.25) is 4.79 Å². The predicted octanol–water partition coefficient (Wildman–Crippen LogP) is 0.622. The van der Waals surface area contributed by atoms with Crippen molar-refractivity contribution in [1.29, 1.82) is 0 Å². The van der Waals surface area contributed by atoms with Crippen molar-refractivity contribution >= 4 is 15.9 Å². The molecule has 7 nitrogen and oxygen atoms in total. The van der Waals surface area contributed by atoms with Crippen molar-refractivity contribution in [3.63, 3.8) is 0 Å². The van der Waals surface area contributed by atoms with Crippen LogP contribution in [0.3, 0.4) is 0 Å². The fourth-order valence-corrected chi connectivity index (χ4v) is 2.53. The Kier molecular flexibility index (Phi) is 4.61. The van der Waals surface area contributed by atoms with Crippen LogP contribution in [0.25, 0.3) is 0 Å². The van der Waals surface area contributed by atoms with Gasteiger partial charge in [0.2, 0.25) is 10.0 Å². The molecule has 1 heterocycles. The normalized spacial score (nSPS) is 11.2. The minimum atomic E-state index is -3.64. The van der Waals surface area contributed by atoms with Crippen molar-refractivity contribution in [2.24, 2.45) is 5.73 Å². The number of sulfonamides is 1. The largest absolute Gasteiger partial charge is 0.484 e. The monoisotopic (exact) mass is 310 g/mol. The summed E-state index contributed by atoms with van der Waals surface area (Å²) in [6.07, 6.45) is 1.47. The fourth-order valence-electron chi connectivity index (χ4n) is 1.53. The van der Waals surface area contributed by atoms with E-state index in [-0.39, 0.29) is 18.0 Å². The third-order valence-corrected chi connectivity index (χ3v) is 3.95. The molecule has 0 aliphatic carbocycles. The minimum Gasteiger partial charge on any atom is -0.484 e. The molecule has 0 fully saturated rings. The zero-order valence-electron chi connectivity index (χ0n) is 11.0. The topological polar surface area (TPSA) is 112 Å². The highest BCUT2D eigenvalue weighted by Crippen LogP contribution is 2.16. The van der Waals surface area contributed by atoms with Crippen LogP contribution < -0.4 is 15.2 Å². The molecule has 0 bridgehead atoms. The summed E-state index contributed by atoms with van der Waals surface area (Å²) in [7, 11) is -3.64. The molecule has 2 rings (SSSR count). The first kappa shape index (κ1) is 15.1. The van der Waals surface area contributed by atoms with Crippen LogP contribution in [0, 0.1) is 0 Å². The second-order valence-corrected chi connectivity index (χ2v) is 5.90. The summed E-state index contributed by atoms with van der Waals surface area (Å²) in [6.45, 7) is -0.196. The predicted molar refractivity (Wildman–Crippen MR) is 73.9 cm³/mol. The molecule has 8 heteroatoms. The standard InChI is InChI=1S/C13H14N2O5S/c14-13(16)9-20-10-3-5-12(6-4-10)21(17,18)15-8-11-2-1-7-19-11/h1-7,15H,8-9H2,(H2,14,16). The van der Waals surface area contributed by atoms with Crippen LogP contribution in [0.15, 0.2) is 52.0 Å². The molecule has 0 aliphatic rings. The molecule has 0 atom stereocenters. The van der Waals surface area contributed by atoms with E-state index in [0.717, 1.165) is 0 Å². The highest BCUT2D eigenvalue weighted by atomic mass is 32.2. The van der Waals surface area contributed by atoms with Crippen molar-refractivity contribution in [2.45, 2.75) is 11.4 Å². The molecule has 0 radical (unpaired) electrons. The van der Waals surface area contributed by atoms with Crippen molar-refractivity contribution in [3.8, 4) is 5.75 Å². The van der Waals surface area contributed by atoms with Crippen LogP contribution in [0.2, 0.25) is 0 Å². The minimum absolute atomic E-state index is 0.0647. The van der Waals surface area contributed by atoms with E-state index in [4.69, 9.17) is 14.9 Å². The summed E-state index contributed by atoms with van der Waals surface area (Å²) in [5.74, 6) is 0.269. The highest BCUT2D eigenvalue weighted by molar-refractivity contribution is 7.89. The van der Waals surface area contributed by atoms with Gasteiger partial charge in [0, 0.05) is 0 Å². The molecule has 1 aromatic carbocycles. The van der Waals surface area contributed by atoms with Gasteiger partial charge >= 0.3 is 0 Å². The van der Waals surface area contributed by atoms with Gasteiger partial charge in [-0.05, 0) is 36.4 Å². The van der Waals surface area contributed by atoms with Gasteiger partial charge in [-0.2, -0.15) is 0 Å². The van der Waals surface area contributed by atoms with Crippen molar-refractivity contribution < 1.29 is 22.4 Å². The summed E-state index contributed by atoms with van der Waals surface area (Å²) in [5, 5.41) is 0. The van der Waals surface area contributed by atoms with Gasteiger partial charge in [0.05, 0.1) is 17.7 Å². The Morgan fingerprint density at radius 3 is 2.52 bits per heavy atom. The van der Waals surface area contributed by atoms with E-state index in [1.54, 1.807) is 12.1 Å². The number of hydrogen-bond acceptors (Lipinski definition) is 5. The Bertz CT molecular complexity index is 693. The van der Waals surface area contributed by atoms with E-state index in [2.05, 4.69) is 4.72 Å². The maximum Gasteiger partial charge on any atom is 0.255 e. The third-order valence-electron chi connectivity index (χ3n) is 2.53. The zero-order chi connectivity index (χ0) is 15.3. The lowest BCUT2D eigenvalue weighted by molar-refractivity contribution is -0.119. The summed E-state index contributed by atoms with van der Waals surface area (Å²) < 4.78 is 36.6. The Balaban J connectivity index is 2.01. The van der Waals surface area contributed by atoms with Gasteiger partial charge in [0.15, 0.2) is 6.61 Å². The molecule has 3 N–H and O–H groups in total. The molecule has 112 valence electrons. The number of ether oxygens (including phenoxy) is 1. The van der Waals surface area contributed by atoms with Crippen molar-refractivity contribution in [1.82, 2.24) is 4.72 Å². The molecule has 0 saturated carbocycles. The number of primary amides is 1. The van der Waals surface area contributed by atoms with E-state index >= 15 is 0 Å². The number of nitrogens with two attached hydrogens (primary N) is 1. The van der Waals surface area contributed by atoms with Crippen LogP contribution >= 0.6 is 0 Å². The maximum absolute atomic E-state index is 12.0. The first-order valence-corrected chi connectivity index (χ1v) is 7.49. The molecule has 1 amide bonds. The Morgan fingerprint density at radius 1 is 1.24 bits per heavy atom. The quantitative estimate of drug-likeness (QED) is 0.778. The van der Waals surface area contributed by atoms with Gasteiger partial charge in [-0.1, -0.05) is 0 Å². The maximum atomic E-state index is 12.0. The number of rotatable bonds is 7. The lowest BCUT2D eigenvalue weighted by Gasteiger charge is -2.07. The summed E-state index contributed by atoms with van der Waals surface area (Å²) >= 11 is 0. The first-order valence-electron chi connectivity index (χ1n) is 6.00. The molecule has 21 heavy (non-hydrogen) atoms. The second kappa shape index (κ2) is 6.42. The summed E-state index contributed by atoms with van der Waals surface area (Å²) in [4.78, 5) is 10.7. The second-order valence-electron chi connectivity index (χ2n) is 4.13. The summed E-state index contributed by atoms with van der Waals surface area (Å²) in [5.41, 5.74) is 4.95. The van der Waals surface area contributed by atoms with Crippen LogP contribution in [0.5, 0.6) is 5.75 Å². The van der Waals surface area contributed by atoms with Gasteiger partial charge in [-0.25, -0.2) is 13.1 Å². The molecular formula is C13H14N2O5S. The number of amides is 1. The van der Waals surface area contributed by atoms with Gasteiger partial charge in [0.1, 0.15) is 11.5 Å². The average Bonchev–Trinajstić information content (AvgIpc) is 2.97. The third kappa shape index (κ3) is 4.33. The number of furan rings is 1. The van der Waals surface area contributed by atoms with Crippen LogP contribution in [0.1, 0.15) is 5.76 Å². The molecule has 1 aromatic heterocycles. The highest BCUT2D eigenvalue weighted by Gasteiger charge is 2.14. The smallest absolute Gasteiger partial charge is 0.255 e. The molecule has 0 unspecified atom stereocenters. The number of carbonyl (C=O) groups excluding carboxylic acids is 1. The van der Waals surface area contributed by atoms with Crippen LogP contribution in [-0.4, -0.2) is 20.9 Å². The van der Waals surface area contributed by atoms with E-state index in [9.17, 15) is 13.2 Å². The lowest BCUT2D eigenvalue weighted by atomic mass is 10.3. The molecule has 2 aromatic rings. The molecule has 0 spiro atoms. The molecular weight excluding hydrogens is 296 g/mol. The molecule has 0 aliphatic heterocycles. The van der Waals surface area contributed by atoms with E-state index in [1.165, 1.54) is 30.5 Å². The number of carbonyl (C=O) groups is 1.